The zero-order chi connectivity index (χ0) is 11.2. The number of aromatic nitrogens is 1. The van der Waals surface area contributed by atoms with E-state index in [-0.39, 0.29) is 12.4 Å². The first kappa shape index (κ1) is 14.0. The van der Waals surface area contributed by atoms with E-state index in [0.717, 1.165) is 18.1 Å². The van der Waals surface area contributed by atoms with Crippen molar-refractivity contribution in [2.75, 3.05) is 0 Å². The van der Waals surface area contributed by atoms with Crippen LogP contribution in [0.25, 0.3) is 0 Å². The summed E-state index contributed by atoms with van der Waals surface area (Å²) in [6.07, 6.45) is 3.65. The minimum Gasteiger partial charge on any atom is -1.00 e. The molecular weight excluding hydrogens is 255 g/mol. The molecule has 2 nitrogen and oxygen atoms in total. The number of halogens is 2. The molecule has 0 saturated carbocycles. The molecule has 0 unspecified atom stereocenters. The maximum absolute atomic E-state index is 5.81. The van der Waals surface area contributed by atoms with Gasteiger partial charge in [-0.25, -0.2) is 0 Å². The lowest BCUT2D eigenvalue weighted by atomic mass is 10.2. The molecule has 0 atom stereocenters. The maximum atomic E-state index is 5.81. The Hall–Kier alpha value is -1.09. The van der Waals surface area contributed by atoms with E-state index in [2.05, 4.69) is 16.4 Å². The van der Waals surface area contributed by atoms with Gasteiger partial charge in [0.05, 0.1) is 0 Å². The van der Waals surface area contributed by atoms with Gasteiger partial charge in [-0.15, -0.1) is 0 Å². The van der Waals surface area contributed by atoms with Crippen LogP contribution in [-0.4, -0.2) is 4.98 Å². The molecule has 0 saturated heterocycles. The molecule has 2 aromatic rings. The van der Waals surface area contributed by atoms with E-state index >= 15 is 0 Å². The van der Waals surface area contributed by atoms with Crippen LogP contribution in [0.15, 0.2) is 48.8 Å². The molecule has 17 heavy (non-hydrogen) atoms. The Morgan fingerprint density at radius 3 is 2.35 bits per heavy atom. The van der Waals surface area contributed by atoms with Crippen molar-refractivity contribution >= 4 is 11.6 Å². The summed E-state index contributed by atoms with van der Waals surface area (Å²) < 4.78 is 0. The SMILES string of the molecule is Clc1ccc(CNCc2cccnc2)cc1.[Cl-]. The van der Waals surface area contributed by atoms with Gasteiger partial charge in [-0.2, -0.15) is 0 Å². The van der Waals surface area contributed by atoms with Gasteiger partial charge in [0.25, 0.3) is 0 Å². The molecule has 1 heterocycles. The Morgan fingerprint density at radius 1 is 1.00 bits per heavy atom. The van der Waals surface area contributed by atoms with Crippen molar-refractivity contribution < 1.29 is 12.4 Å². The molecule has 0 radical (unpaired) electrons. The Kier molecular flexibility index (Phi) is 5.98. The van der Waals surface area contributed by atoms with Crippen LogP contribution in [-0.2, 0) is 13.1 Å². The molecule has 0 amide bonds. The molecule has 1 aromatic heterocycles. The Morgan fingerprint density at radius 2 is 1.71 bits per heavy atom. The van der Waals surface area contributed by atoms with Crippen LogP contribution >= 0.6 is 11.6 Å². The summed E-state index contributed by atoms with van der Waals surface area (Å²) in [7, 11) is 0. The van der Waals surface area contributed by atoms with Gasteiger partial charge in [0.2, 0.25) is 0 Å². The molecule has 1 N–H and O–H groups in total. The minimum atomic E-state index is 0. The van der Waals surface area contributed by atoms with E-state index in [4.69, 9.17) is 11.6 Å². The fraction of sp³-hybridized carbons (Fsp3) is 0.154. The van der Waals surface area contributed by atoms with E-state index in [1.807, 2.05) is 36.5 Å². The summed E-state index contributed by atoms with van der Waals surface area (Å²) in [6.45, 7) is 1.67. The molecule has 4 heteroatoms. The van der Waals surface area contributed by atoms with Gasteiger partial charge in [-0.3, -0.25) is 4.98 Å². The molecule has 90 valence electrons. The van der Waals surface area contributed by atoms with Gasteiger partial charge in [0.1, 0.15) is 0 Å². The highest BCUT2D eigenvalue weighted by molar-refractivity contribution is 6.30. The van der Waals surface area contributed by atoms with E-state index in [1.54, 1.807) is 6.20 Å². The van der Waals surface area contributed by atoms with Crippen molar-refractivity contribution in [1.82, 2.24) is 10.3 Å². The summed E-state index contributed by atoms with van der Waals surface area (Å²) in [6, 6.07) is 11.9. The highest BCUT2D eigenvalue weighted by Crippen LogP contribution is 2.09. The van der Waals surface area contributed by atoms with Gasteiger partial charge >= 0.3 is 0 Å². The molecule has 0 aliphatic rings. The summed E-state index contributed by atoms with van der Waals surface area (Å²) in [5, 5.41) is 4.13. The van der Waals surface area contributed by atoms with E-state index in [0.29, 0.717) is 0 Å². The number of hydrogen-bond acceptors (Lipinski definition) is 2. The van der Waals surface area contributed by atoms with E-state index in [1.165, 1.54) is 11.1 Å². The zero-order valence-corrected chi connectivity index (χ0v) is 10.7. The van der Waals surface area contributed by atoms with Crippen LogP contribution < -0.4 is 17.7 Å². The van der Waals surface area contributed by atoms with Crippen LogP contribution in [0.3, 0.4) is 0 Å². The van der Waals surface area contributed by atoms with Gasteiger partial charge in [-0.1, -0.05) is 29.8 Å². The summed E-state index contributed by atoms with van der Waals surface area (Å²) in [5.41, 5.74) is 2.42. The lowest BCUT2D eigenvalue weighted by molar-refractivity contribution is -0.00000323. The van der Waals surface area contributed by atoms with Crippen molar-refractivity contribution in [2.24, 2.45) is 0 Å². The monoisotopic (exact) mass is 267 g/mol. The average Bonchev–Trinajstić information content (AvgIpc) is 2.33. The molecule has 0 aliphatic carbocycles. The lowest BCUT2D eigenvalue weighted by Gasteiger charge is -2.04. The van der Waals surface area contributed by atoms with Gasteiger partial charge in [0.15, 0.2) is 0 Å². The summed E-state index contributed by atoms with van der Waals surface area (Å²) in [4.78, 5) is 4.06. The third kappa shape index (κ3) is 4.73. The zero-order valence-electron chi connectivity index (χ0n) is 9.24. The topological polar surface area (TPSA) is 24.9 Å². The van der Waals surface area contributed by atoms with Crippen LogP contribution in [0.1, 0.15) is 11.1 Å². The number of nitrogens with zero attached hydrogens (tertiary/aromatic N) is 1. The fourth-order valence-corrected chi connectivity index (χ4v) is 1.58. The van der Waals surface area contributed by atoms with Crippen molar-refractivity contribution in [3.8, 4) is 0 Å². The lowest BCUT2D eigenvalue weighted by Crippen LogP contribution is -3.00. The minimum absolute atomic E-state index is 0. The number of pyridine rings is 1. The van der Waals surface area contributed by atoms with Crippen LogP contribution in [0.4, 0.5) is 0 Å². The highest BCUT2D eigenvalue weighted by Gasteiger charge is 1.94. The number of benzene rings is 1. The van der Waals surface area contributed by atoms with Crippen molar-refractivity contribution in [3.05, 3.63) is 64.9 Å². The molecular formula is C13H13Cl2N2-. The number of rotatable bonds is 4. The largest absolute Gasteiger partial charge is 1.00 e. The summed E-state index contributed by atoms with van der Waals surface area (Å²) >= 11 is 5.81. The van der Waals surface area contributed by atoms with E-state index in [9.17, 15) is 0 Å². The second-order valence-corrected chi connectivity index (χ2v) is 4.03. The van der Waals surface area contributed by atoms with Crippen LogP contribution in [0, 0.1) is 0 Å². The smallest absolute Gasteiger partial charge is 0.0406 e. The standard InChI is InChI=1S/C13H13ClN2.ClH/c14-13-5-3-11(4-6-13)8-16-10-12-2-1-7-15-9-12;/h1-7,9,16H,8,10H2;1H/p-1. The van der Waals surface area contributed by atoms with Crippen LogP contribution in [0.2, 0.25) is 5.02 Å². The predicted molar refractivity (Wildman–Crippen MR) is 66.2 cm³/mol. The molecule has 0 spiro atoms. The van der Waals surface area contributed by atoms with E-state index < -0.39 is 0 Å². The normalized spacial score (nSPS) is 9.71. The second kappa shape index (κ2) is 7.28. The molecule has 0 fully saturated rings. The second-order valence-electron chi connectivity index (χ2n) is 3.59. The van der Waals surface area contributed by atoms with Gasteiger partial charge in [0, 0.05) is 30.5 Å². The quantitative estimate of drug-likeness (QED) is 0.846. The molecule has 1 aromatic carbocycles. The third-order valence-electron chi connectivity index (χ3n) is 2.29. The Balaban J connectivity index is 0.00000144. The predicted octanol–water partition coefficient (Wildman–Crippen LogP) is 0.0288. The number of nitrogens with one attached hydrogen (secondary N) is 1. The van der Waals surface area contributed by atoms with Gasteiger partial charge in [-0.05, 0) is 29.3 Å². The fourth-order valence-electron chi connectivity index (χ4n) is 1.46. The van der Waals surface area contributed by atoms with Crippen molar-refractivity contribution in [3.63, 3.8) is 0 Å². The Bertz CT molecular complexity index is 429. The number of hydrogen-bond donors (Lipinski definition) is 1. The first-order valence-electron chi connectivity index (χ1n) is 5.18. The Labute approximate surface area is 112 Å². The first-order valence-corrected chi connectivity index (χ1v) is 5.56. The van der Waals surface area contributed by atoms with Crippen LogP contribution in [0.5, 0.6) is 0 Å². The molecule has 0 aliphatic heterocycles. The molecule has 0 bridgehead atoms. The molecule has 2 rings (SSSR count). The summed E-state index contributed by atoms with van der Waals surface area (Å²) in [5.74, 6) is 0. The van der Waals surface area contributed by atoms with Crippen molar-refractivity contribution in [1.29, 1.82) is 0 Å². The maximum Gasteiger partial charge on any atom is 0.0406 e. The third-order valence-corrected chi connectivity index (χ3v) is 2.55. The van der Waals surface area contributed by atoms with Gasteiger partial charge < -0.3 is 17.7 Å². The average molecular weight is 268 g/mol. The van der Waals surface area contributed by atoms with Crippen molar-refractivity contribution in [2.45, 2.75) is 13.1 Å². The first-order chi connectivity index (χ1) is 7.84. The highest BCUT2D eigenvalue weighted by atomic mass is 35.5.